The van der Waals surface area contributed by atoms with Gasteiger partial charge in [-0.15, -0.1) is 0 Å². The number of aromatic nitrogens is 3. The van der Waals surface area contributed by atoms with Crippen LogP contribution in [0.25, 0.3) is 0 Å². The molecule has 4 nitrogen and oxygen atoms in total. The van der Waals surface area contributed by atoms with Gasteiger partial charge in [0.25, 0.3) is 0 Å². The molecule has 0 aliphatic heterocycles. The van der Waals surface area contributed by atoms with Gasteiger partial charge in [-0.25, -0.2) is 9.97 Å². The molecule has 0 amide bonds. The predicted octanol–water partition coefficient (Wildman–Crippen LogP) is 2.90. The molecular weight excluding hydrogens is 302 g/mol. The summed E-state index contributed by atoms with van der Waals surface area (Å²) in [6.45, 7) is 0. The Morgan fingerprint density at radius 1 is 1.35 bits per heavy atom. The van der Waals surface area contributed by atoms with Crippen LogP contribution in [0.5, 0.6) is 5.88 Å². The quantitative estimate of drug-likeness (QED) is 0.886. The van der Waals surface area contributed by atoms with Crippen LogP contribution >= 0.6 is 28.1 Å². The zero-order valence-electron chi connectivity index (χ0n) is 9.11. The normalized spacial score (nSPS) is 10.2. The lowest BCUT2D eigenvalue weighted by atomic mass is 10.2. The van der Waals surface area contributed by atoms with Crippen LogP contribution in [0.1, 0.15) is 11.4 Å². The van der Waals surface area contributed by atoms with Gasteiger partial charge < -0.3 is 9.72 Å². The minimum absolute atomic E-state index is 0.602. The molecule has 0 aliphatic carbocycles. The zero-order valence-corrected chi connectivity index (χ0v) is 11.5. The molecule has 0 bridgehead atoms. The third-order valence-corrected chi connectivity index (χ3v) is 3.37. The van der Waals surface area contributed by atoms with Crippen molar-refractivity contribution in [2.75, 3.05) is 7.11 Å². The van der Waals surface area contributed by atoms with E-state index in [0.717, 1.165) is 15.9 Å². The summed E-state index contributed by atoms with van der Waals surface area (Å²) in [5.41, 5.74) is 1.05. The Bertz CT molecular complexity index is 568. The number of nitrogens with one attached hydrogen (secondary N) is 1. The molecule has 17 heavy (non-hydrogen) atoms. The van der Waals surface area contributed by atoms with Crippen LogP contribution in [-0.4, -0.2) is 22.1 Å². The molecular formula is C11H10BrN3OS. The summed E-state index contributed by atoms with van der Waals surface area (Å²) in [6, 6.07) is 3.77. The summed E-state index contributed by atoms with van der Waals surface area (Å²) in [6.07, 6.45) is 4.12. The Hall–Kier alpha value is -1.27. The third kappa shape index (κ3) is 3.10. The molecule has 0 unspecified atom stereocenters. The molecule has 2 heterocycles. The molecule has 6 heteroatoms. The smallest absolute Gasteiger partial charge is 0.212 e. The van der Waals surface area contributed by atoms with Gasteiger partial charge in [-0.2, -0.15) is 0 Å². The molecule has 0 fully saturated rings. The molecule has 88 valence electrons. The van der Waals surface area contributed by atoms with E-state index in [0.29, 0.717) is 16.9 Å². The molecule has 0 aliphatic rings. The van der Waals surface area contributed by atoms with E-state index in [1.807, 2.05) is 12.1 Å². The summed E-state index contributed by atoms with van der Waals surface area (Å²) >= 11 is 8.43. The lowest BCUT2D eigenvalue weighted by Crippen LogP contribution is -1.97. The van der Waals surface area contributed by atoms with E-state index in [-0.39, 0.29) is 0 Å². The van der Waals surface area contributed by atoms with Crippen molar-refractivity contribution in [3.8, 4) is 5.88 Å². The van der Waals surface area contributed by atoms with Crippen molar-refractivity contribution in [2.45, 2.75) is 6.42 Å². The maximum Gasteiger partial charge on any atom is 0.212 e. The van der Waals surface area contributed by atoms with Gasteiger partial charge >= 0.3 is 0 Å². The average molecular weight is 312 g/mol. The fraction of sp³-hybridized carbons (Fsp3) is 0.182. The van der Waals surface area contributed by atoms with Gasteiger partial charge in [0.2, 0.25) is 5.88 Å². The van der Waals surface area contributed by atoms with E-state index in [4.69, 9.17) is 17.0 Å². The highest BCUT2D eigenvalue weighted by molar-refractivity contribution is 9.10. The maximum atomic E-state index is 5.12. The van der Waals surface area contributed by atoms with Crippen molar-refractivity contribution in [1.82, 2.24) is 15.0 Å². The van der Waals surface area contributed by atoms with E-state index in [9.17, 15) is 0 Å². The Labute approximate surface area is 112 Å². The van der Waals surface area contributed by atoms with Crippen LogP contribution in [0.2, 0.25) is 0 Å². The predicted molar refractivity (Wildman–Crippen MR) is 70.7 cm³/mol. The number of halogens is 1. The van der Waals surface area contributed by atoms with Crippen molar-refractivity contribution >= 4 is 28.1 Å². The molecule has 0 radical (unpaired) electrons. The van der Waals surface area contributed by atoms with Gasteiger partial charge in [-0.1, -0.05) is 18.3 Å². The second kappa shape index (κ2) is 5.37. The molecule has 0 atom stereocenters. The standard InChI is InChI=1S/C11H10BrN3OS/c1-16-10-3-2-7(5-14-10)4-9-13-6-8(12)11(17)15-9/h2-3,5-6H,4H2,1H3,(H,13,15,17). The molecule has 2 rings (SSSR count). The Balaban J connectivity index is 2.19. The number of hydrogen-bond donors (Lipinski definition) is 1. The number of nitrogens with zero attached hydrogens (tertiary/aromatic N) is 2. The van der Waals surface area contributed by atoms with E-state index < -0.39 is 0 Å². The SMILES string of the molecule is COc1ccc(Cc2ncc(Br)c(=S)[nH]2)cn1. The minimum Gasteiger partial charge on any atom is -0.481 e. The van der Waals surface area contributed by atoms with Crippen LogP contribution in [0.15, 0.2) is 29.0 Å². The van der Waals surface area contributed by atoms with Crippen molar-refractivity contribution in [2.24, 2.45) is 0 Å². The monoisotopic (exact) mass is 311 g/mol. The van der Waals surface area contributed by atoms with Gasteiger partial charge in [0.1, 0.15) is 10.5 Å². The number of hydrogen-bond acceptors (Lipinski definition) is 4. The van der Waals surface area contributed by atoms with Gasteiger partial charge in [0.15, 0.2) is 0 Å². The van der Waals surface area contributed by atoms with Crippen LogP contribution in [-0.2, 0) is 6.42 Å². The first-order valence-electron chi connectivity index (χ1n) is 4.91. The Morgan fingerprint density at radius 3 is 2.76 bits per heavy atom. The van der Waals surface area contributed by atoms with Crippen molar-refractivity contribution < 1.29 is 4.74 Å². The van der Waals surface area contributed by atoms with Gasteiger partial charge in [0.05, 0.1) is 11.6 Å². The van der Waals surface area contributed by atoms with E-state index in [2.05, 4.69) is 30.9 Å². The highest BCUT2D eigenvalue weighted by Gasteiger charge is 2.01. The number of H-pyrrole nitrogens is 1. The van der Waals surface area contributed by atoms with Gasteiger partial charge in [-0.05, 0) is 21.5 Å². The number of ether oxygens (including phenoxy) is 1. The first kappa shape index (κ1) is 12.2. The average Bonchev–Trinajstić information content (AvgIpc) is 2.35. The number of rotatable bonds is 3. The van der Waals surface area contributed by atoms with Gasteiger partial charge in [-0.3, -0.25) is 0 Å². The van der Waals surface area contributed by atoms with E-state index >= 15 is 0 Å². The molecule has 2 aromatic rings. The van der Waals surface area contributed by atoms with Crippen molar-refractivity contribution in [3.63, 3.8) is 0 Å². The summed E-state index contributed by atoms with van der Waals surface area (Å²) in [5.74, 6) is 1.41. The number of methoxy groups -OCH3 is 1. The van der Waals surface area contributed by atoms with Crippen molar-refractivity contribution in [3.05, 3.63) is 45.0 Å². The van der Waals surface area contributed by atoms with Crippen LogP contribution in [0.4, 0.5) is 0 Å². The summed E-state index contributed by atoms with van der Waals surface area (Å²) in [5, 5.41) is 0. The minimum atomic E-state index is 0.602. The van der Waals surface area contributed by atoms with Crippen LogP contribution < -0.4 is 4.74 Å². The van der Waals surface area contributed by atoms with Crippen LogP contribution in [0, 0.1) is 4.64 Å². The molecule has 2 aromatic heterocycles. The summed E-state index contributed by atoms with van der Waals surface area (Å²) in [7, 11) is 1.59. The van der Waals surface area contributed by atoms with Crippen LogP contribution in [0.3, 0.4) is 0 Å². The highest BCUT2D eigenvalue weighted by atomic mass is 79.9. The summed E-state index contributed by atoms with van der Waals surface area (Å²) < 4.78 is 6.44. The molecule has 0 aromatic carbocycles. The summed E-state index contributed by atoms with van der Waals surface area (Å²) in [4.78, 5) is 11.4. The number of aromatic amines is 1. The second-order valence-electron chi connectivity index (χ2n) is 3.39. The number of pyridine rings is 1. The molecule has 0 saturated carbocycles. The lowest BCUT2D eigenvalue weighted by molar-refractivity contribution is 0.397. The molecule has 0 spiro atoms. The zero-order chi connectivity index (χ0) is 12.3. The lowest BCUT2D eigenvalue weighted by Gasteiger charge is -2.03. The fourth-order valence-electron chi connectivity index (χ4n) is 1.34. The largest absolute Gasteiger partial charge is 0.481 e. The van der Waals surface area contributed by atoms with E-state index in [1.54, 1.807) is 19.5 Å². The van der Waals surface area contributed by atoms with E-state index in [1.165, 1.54) is 0 Å². The topological polar surface area (TPSA) is 50.8 Å². The van der Waals surface area contributed by atoms with Gasteiger partial charge in [0, 0.05) is 24.9 Å². The molecule has 0 saturated heterocycles. The second-order valence-corrected chi connectivity index (χ2v) is 4.66. The molecule has 1 N–H and O–H groups in total. The fourth-order valence-corrected chi connectivity index (χ4v) is 1.71. The van der Waals surface area contributed by atoms with Crippen molar-refractivity contribution in [1.29, 1.82) is 0 Å². The third-order valence-electron chi connectivity index (χ3n) is 2.19. The first-order chi connectivity index (χ1) is 8.19. The first-order valence-corrected chi connectivity index (χ1v) is 6.12. The maximum absolute atomic E-state index is 5.12. The Kier molecular flexibility index (Phi) is 3.86. The Morgan fingerprint density at radius 2 is 2.18 bits per heavy atom. The highest BCUT2D eigenvalue weighted by Crippen LogP contribution is 2.12.